The van der Waals surface area contributed by atoms with Crippen molar-refractivity contribution in [3.63, 3.8) is 0 Å². The van der Waals surface area contributed by atoms with Gasteiger partial charge >= 0.3 is 12.1 Å². The maximum absolute atomic E-state index is 13.0. The summed E-state index contributed by atoms with van der Waals surface area (Å²) in [4.78, 5) is 31.0. The third-order valence-corrected chi connectivity index (χ3v) is 4.79. The van der Waals surface area contributed by atoms with Crippen LogP contribution >= 0.6 is 0 Å². The van der Waals surface area contributed by atoms with E-state index >= 15 is 0 Å². The Morgan fingerprint density at radius 3 is 2.29 bits per heavy atom. The molecule has 0 bridgehead atoms. The van der Waals surface area contributed by atoms with Gasteiger partial charge in [-0.25, -0.2) is 9.78 Å². The van der Waals surface area contributed by atoms with Crippen LogP contribution in [0.1, 0.15) is 26.3 Å². The van der Waals surface area contributed by atoms with Crippen LogP contribution in [-0.2, 0) is 6.18 Å². The number of fused-ring (bicyclic) bond motifs is 1. The van der Waals surface area contributed by atoms with E-state index in [1.54, 1.807) is 30.3 Å². The maximum Gasteiger partial charge on any atom is 0.416 e. The highest BCUT2D eigenvalue weighted by molar-refractivity contribution is 6.10. The molecule has 0 radical (unpaired) electrons. The highest BCUT2D eigenvalue weighted by Crippen LogP contribution is 2.34. The summed E-state index contributed by atoms with van der Waals surface area (Å²) in [5.41, 5.74) is 5.52. The predicted molar refractivity (Wildman–Crippen MR) is 107 cm³/mol. The van der Waals surface area contributed by atoms with Crippen LogP contribution in [0, 0.1) is 0 Å². The lowest BCUT2D eigenvalue weighted by Gasteiger charge is -2.12. The highest BCUT2D eigenvalue weighted by atomic mass is 19.4. The topological polar surface area (TPSA) is 109 Å². The molecule has 4 N–H and O–H groups in total. The Hall–Kier alpha value is -4.14. The Morgan fingerprint density at radius 1 is 0.968 bits per heavy atom. The molecule has 0 saturated heterocycles. The second-order valence-corrected chi connectivity index (χ2v) is 6.80. The zero-order valence-electron chi connectivity index (χ0n) is 15.7. The first kappa shape index (κ1) is 20.1. The third-order valence-electron chi connectivity index (χ3n) is 4.79. The second-order valence-electron chi connectivity index (χ2n) is 6.80. The van der Waals surface area contributed by atoms with Crippen LogP contribution in [0.15, 0.2) is 60.7 Å². The number of alkyl halides is 3. The molecule has 1 heterocycles. The first-order chi connectivity index (χ1) is 14.6. The number of nitrogens with one attached hydrogen (secondary N) is 1. The van der Waals surface area contributed by atoms with Gasteiger partial charge < -0.3 is 15.8 Å². The lowest BCUT2D eigenvalue weighted by atomic mass is 9.93. The van der Waals surface area contributed by atoms with Crippen LogP contribution in [0.25, 0.3) is 33.5 Å². The van der Waals surface area contributed by atoms with Crippen LogP contribution in [0.3, 0.4) is 0 Å². The smallest absolute Gasteiger partial charge is 0.416 e. The number of amides is 1. The molecule has 6 nitrogen and oxygen atoms in total. The molecular weight excluding hydrogens is 411 g/mol. The van der Waals surface area contributed by atoms with Crippen LogP contribution in [0.2, 0.25) is 0 Å². The van der Waals surface area contributed by atoms with E-state index in [2.05, 4.69) is 9.97 Å². The molecule has 0 saturated carbocycles. The number of halogens is 3. The summed E-state index contributed by atoms with van der Waals surface area (Å²) in [5, 5.41) is 9.66. The third kappa shape index (κ3) is 3.73. The van der Waals surface area contributed by atoms with Gasteiger partial charge in [0.15, 0.2) is 0 Å². The number of aromatic carboxylic acids is 1. The molecule has 0 unspecified atom stereocenters. The number of hydrogen-bond acceptors (Lipinski definition) is 3. The lowest BCUT2D eigenvalue weighted by Crippen LogP contribution is -2.18. The first-order valence-electron chi connectivity index (χ1n) is 8.99. The average Bonchev–Trinajstić information content (AvgIpc) is 3.16. The molecule has 0 fully saturated rings. The number of carbonyl (C=O) groups is 2. The van der Waals surface area contributed by atoms with Crippen LogP contribution in [0.4, 0.5) is 13.2 Å². The average molecular weight is 425 g/mol. The molecule has 0 atom stereocenters. The number of rotatable bonds is 4. The lowest BCUT2D eigenvalue weighted by molar-refractivity contribution is -0.137. The molecule has 4 aromatic rings. The van der Waals surface area contributed by atoms with Gasteiger partial charge in [0.2, 0.25) is 5.91 Å². The number of carboxylic acid groups (broad SMARTS) is 1. The molecule has 31 heavy (non-hydrogen) atoms. The summed E-state index contributed by atoms with van der Waals surface area (Å²) >= 11 is 0. The number of imidazole rings is 1. The molecule has 1 aromatic heterocycles. The van der Waals surface area contributed by atoms with Crippen LogP contribution < -0.4 is 5.73 Å². The summed E-state index contributed by atoms with van der Waals surface area (Å²) in [7, 11) is 0. The summed E-state index contributed by atoms with van der Waals surface area (Å²) in [6.07, 6.45) is -4.54. The number of benzene rings is 3. The Labute approximate surface area is 173 Å². The number of aromatic nitrogens is 2. The molecule has 156 valence electrons. The molecule has 0 spiro atoms. The van der Waals surface area contributed by atoms with Crippen molar-refractivity contribution in [3.8, 4) is 22.5 Å². The van der Waals surface area contributed by atoms with Crippen molar-refractivity contribution in [2.75, 3.05) is 0 Å². The Balaban J connectivity index is 1.99. The Kier molecular flexibility index (Phi) is 4.73. The minimum Gasteiger partial charge on any atom is -0.478 e. The SMILES string of the molecule is NC(=O)c1c(C(=O)O)cc(-c2ccccc2)cc1-c1nc2ccc(C(F)(F)F)cc2[nH]1. The van der Waals surface area contributed by atoms with E-state index in [1.807, 2.05) is 0 Å². The Morgan fingerprint density at radius 2 is 1.68 bits per heavy atom. The molecule has 0 aliphatic rings. The Bertz CT molecular complexity index is 1330. The van der Waals surface area contributed by atoms with E-state index in [9.17, 15) is 27.9 Å². The van der Waals surface area contributed by atoms with E-state index in [0.29, 0.717) is 11.1 Å². The van der Waals surface area contributed by atoms with Gasteiger partial charge in [-0.2, -0.15) is 13.2 Å². The number of hydrogen-bond donors (Lipinski definition) is 3. The largest absolute Gasteiger partial charge is 0.478 e. The van der Waals surface area contributed by atoms with Crippen LogP contribution in [-0.4, -0.2) is 27.0 Å². The summed E-state index contributed by atoms with van der Waals surface area (Å²) in [6, 6.07) is 14.7. The van der Waals surface area contributed by atoms with E-state index < -0.39 is 23.6 Å². The number of aromatic amines is 1. The quantitative estimate of drug-likeness (QED) is 0.440. The molecular formula is C22H14F3N3O3. The summed E-state index contributed by atoms with van der Waals surface area (Å²) < 4.78 is 39.1. The molecule has 4 rings (SSSR count). The van der Waals surface area contributed by atoms with Crippen molar-refractivity contribution in [2.24, 2.45) is 5.73 Å². The van der Waals surface area contributed by atoms with Gasteiger partial charge in [0, 0.05) is 5.56 Å². The van der Waals surface area contributed by atoms with E-state index in [-0.39, 0.29) is 33.5 Å². The van der Waals surface area contributed by atoms with E-state index in [0.717, 1.165) is 12.1 Å². The predicted octanol–water partition coefficient (Wildman–Crippen LogP) is 4.71. The fourth-order valence-electron chi connectivity index (χ4n) is 3.37. The summed E-state index contributed by atoms with van der Waals surface area (Å²) in [6.45, 7) is 0. The number of nitrogens with zero attached hydrogens (tertiary/aromatic N) is 1. The van der Waals surface area contributed by atoms with Gasteiger partial charge in [-0.15, -0.1) is 0 Å². The number of carboxylic acids is 1. The molecule has 9 heteroatoms. The second kappa shape index (κ2) is 7.28. The van der Waals surface area contributed by atoms with Gasteiger partial charge in [-0.1, -0.05) is 30.3 Å². The molecule has 3 aromatic carbocycles. The maximum atomic E-state index is 13.0. The first-order valence-corrected chi connectivity index (χ1v) is 8.99. The van der Waals surface area contributed by atoms with Crippen molar-refractivity contribution >= 4 is 22.9 Å². The van der Waals surface area contributed by atoms with Gasteiger partial charge in [0.05, 0.1) is 27.7 Å². The van der Waals surface area contributed by atoms with Crippen molar-refractivity contribution in [3.05, 3.63) is 77.4 Å². The zero-order chi connectivity index (χ0) is 22.3. The fourth-order valence-corrected chi connectivity index (χ4v) is 3.37. The molecule has 0 aliphatic carbocycles. The van der Waals surface area contributed by atoms with E-state index in [4.69, 9.17) is 5.73 Å². The highest BCUT2D eigenvalue weighted by Gasteiger charge is 2.31. The molecule has 0 aliphatic heterocycles. The van der Waals surface area contributed by atoms with Crippen molar-refractivity contribution < 1.29 is 27.9 Å². The van der Waals surface area contributed by atoms with Crippen molar-refractivity contribution in [1.82, 2.24) is 9.97 Å². The van der Waals surface area contributed by atoms with Crippen molar-refractivity contribution in [2.45, 2.75) is 6.18 Å². The van der Waals surface area contributed by atoms with Gasteiger partial charge in [-0.3, -0.25) is 4.79 Å². The normalized spacial score (nSPS) is 11.6. The van der Waals surface area contributed by atoms with Gasteiger partial charge in [0.1, 0.15) is 5.82 Å². The minimum atomic E-state index is -4.54. The number of carbonyl (C=O) groups excluding carboxylic acids is 1. The fraction of sp³-hybridized carbons (Fsp3) is 0.0455. The van der Waals surface area contributed by atoms with Crippen molar-refractivity contribution in [1.29, 1.82) is 0 Å². The number of H-pyrrole nitrogens is 1. The van der Waals surface area contributed by atoms with Crippen LogP contribution in [0.5, 0.6) is 0 Å². The summed E-state index contributed by atoms with van der Waals surface area (Å²) in [5.74, 6) is -2.34. The molecule has 1 amide bonds. The number of nitrogens with two attached hydrogens (primary N) is 1. The number of primary amides is 1. The van der Waals surface area contributed by atoms with Gasteiger partial charge in [-0.05, 0) is 41.5 Å². The standard InChI is InChI=1S/C22H14F3N3O3/c23-22(24,25)13-6-7-16-17(10-13)28-20(27-16)14-8-12(11-4-2-1-3-5-11)9-15(21(30)31)18(14)19(26)29/h1-10H,(H2,26,29)(H,27,28)(H,30,31). The van der Waals surface area contributed by atoms with E-state index in [1.165, 1.54) is 18.2 Å². The zero-order valence-corrected chi connectivity index (χ0v) is 15.7. The van der Waals surface area contributed by atoms with Gasteiger partial charge in [0.25, 0.3) is 0 Å². The monoisotopic (exact) mass is 425 g/mol. The minimum absolute atomic E-state index is 0.0309.